The van der Waals surface area contributed by atoms with Gasteiger partial charge < -0.3 is 9.47 Å². The van der Waals surface area contributed by atoms with Crippen LogP contribution >= 0.6 is 0 Å². The average molecular weight is 260 g/mol. The van der Waals surface area contributed by atoms with Gasteiger partial charge in [-0.1, -0.05) is 30.3 Å². The summed E-state index contributed by atoms with van der Waals surface area (Å²) in [5.41, 5.74) is 1.28. The van der Waals surface area contributed by atoms with Crippen LogP contribution in [-0.4, -0.2) is 41.1 Å². The van der Waals surface area contributed by atoms with Crippen molar-refractivity contribution in [2.24, 2.45) is 0 Å². The molecule has 3 heteroatoms. The maximum Gasteiger partial charge on any atom is 0.207 e. The Morgan fingerprint density at radius 3 is 2.26 bits per heavy atom. The molecule has 0 saturated heterocycles. The highest BCUT2D eigenvalue weighted by Crippen LogP contribution is 2.29. The Kier molecular flexibility index (Phi) is 4.20. The first-order valence-corrected chi connectivity index (χ1v) is 6.45. The normalized spacial score (nSPS) is 12.3. The molecule has 2 aromatic rings. The van der Waals surface area contributed by atoms with Crippen molar-refractivity contribution in [3.63, 3.8) is 0 Å². The highest BCUT2D eigenvalue weighted by molar-refractivity contribution is 5.93. The SMILES string of the molecule is COC(C[N+](C)(C)c1cccc2ccccc12)OC. The number of hydrogen-bond donors (Lipinski definition) is 0. The minimum atomic E-state index is -0.200. The van der Waals surface area contributed by atoms with Gasteiger partial charge in [-0.2, -0.15) is 0 Å². The minimum absolute atomic E-state index is 0.200. The summed E-state index contributed by atoms with van der Waals surface area (Å²) in [7, 11) is 7.70. The number of benzene rings is 2. The summed E-state index contributed by atoms with van der Waals surface area (Å²) in [6.45, 7) is 0.765. The van der Waals surface area contributed by atoms with Gasteiger partial charge in [0.2, 0.25) is 6.29 Å². The van der Waals surface area contributed by atoms with Crippen LogP contribution in [0, 0.1) is 0 Å². The number of quaternary nitrogens is 1. The van der Waals surface area contributed by atoms with E-state index >= 15 is 0 Å². The largest absolute Gasteiger partial charge is 0.351 e. The maximum absolute atomic E-state index is 5.33. The molecule has 102 valence electrons. The summed E-state index contributed by atoms with van der Waals surface area (Å²) < 4.78 is 11.4. The molecule has 0 unspecified atom stereocenters. The summed E-state index contributed by atoms with van der Waals surface area (Å²) in [5.74, 6) is 0. The first kappa shape index (κ1) is 14.0. The zero-order valence-electron chi connectivity index (χ0n) is 12.1. The number of ether oxygens (including phenoxy) is 2. The van der Waals surface area contributed by atoms with E-state index < -0.39 is 0 Å². The quantitative estimate of drug-likeness (QED) is 0.608. The van der Waals surface area contributed by atoms with E-state index in [-0.39, 0.29) is 6.29 Å². The second-order valence-corrected chi connectivity index (χ2v) is 5.27. The molecular weight excluding hydrogens is 238 g/mol. The third kappa shape index (κ3) is 2.95. The summed E-state index contributed by atoms with van der Waals surface area (Å²) in [6.07, 6.45) is -0.200. The van der Waals surface area contributed by atoms with Crippen LogP contribution in [0.15, 0.2) is 42.5 Å². The lowest BCUT2D eigenvalue weighted by Crippen LogP contribution is -2.47. The number of likely N-dealkylation sites (N-methyl/N-ethyl adjacent to an activating group) is 1. The Morgan fingerprint density at radius 1 is 0.947 bits per heavy atom. The van der Waals surface area contributed by atoms with Gasteiger partial charge in [0.15, 0.2) is 0 Å². The molecule has 0 heterocycles. The topological polar surface area (TPSA) is 18.5 Å². The Morgan fingerprint density at radius 2 is 1.58 bits per heavy atom. The molecule has 0 radical (unpaired) electrons. The molecule has 2 aromatic carbocycles. The van der Waals surface area contributed by atoms with Crippen LogP contribution in [0.4, 0.5) is 5.69 Å². The fraction of sp³-hybridized carbons (Fsp3) is 0.375. The number of fused-ring (bicyclic) bond motifs is 1. The molecule has 0 aliphatic carbocycles. The van der Waals surface area contributed by atoms with Gasteiger partial charge >= 0.3 is 0 Å². The van der Waals surface area contributed by atoms with E-state index in [0.29, 0.717) is 4.48 Å². The van der Waals surface area contributed by atoms with Crippen molar-refractivity contribution in [1.29, 1.82) is 0 Å². The summed E-state index contributed by atoms with van der Waals surface area (Å²) in [5, 5.41) is 2.54. The van der Waals surface area contributed by atoms with Crippen LogP contribution in [0.25, 0.3) is 10.8 Å². The first-order chi connectivity index (χ1) is 9.08. The third-order valence-electron chi connectivity index (χ3n) is 3.55. The Hall–Kier alpha value is -1.42. The molecule has 0 saturated carbocycles. The standard InChI is InChI=1S/C16H22NO2/c1-17(2,12-16(18-3)19-4)15-11-7-9-13-8-5-6-10-14(13)15/h5-11,16H,12H2,1-4H3/q+1. The molecule has 0 aromatic heterocycles. The van der Waals surface area contributed by atoms with Gasteiger partial charge in [0, 0.05) is 19.6 Å². The fourth-order valence-electron chi connectivity index (χ4n) is 2.45. The van der Waals surface area contributed by atoms with Crippen molar-refractivity contribution in [2.45, 2.75) is 6.29 Å². The molecule has 0 atom stereocenters. The van der Waals surface area contributed by atoms with E-state index in [1.165, 1.54) is 16.5 Å². The Labute approximate surface area is 114 Å². The zero-order chi connectivity index (χ0) is 13.9. The molecule has 0 aliphatic rings. The second-order valence-electron chi connectivity index (χ2n) is 5.27. The van der Waals surface area contributed by atoms with Gasteiger partial charge in [-0.25, -0.2) is 0 Å². The van der Waals surface area contributed by atoms with E-state index in [1.807, 2.05) is 0 Å². The molecule has 0 amide bonds. The number of rotatable bonds is 5. The van der Waals surface area contributed by atoms with Crippen molar-refractivity contribution < 1.29 is 9.47 Å². The molecule has 0 aliphatic heterocycles. The molecule has 19 heavy (non-hydrogen) atoms. The van der Waals surface area contributed by atoms with Crippen LogP contribution in [0.1, 0.15) is 0 Å². The minimum Gasteiger partial charge on any atom is -0.351 e. The third-order valence-corrected chi connectivity index (χ3v) is 3.55. The molecule has 2 rings (SSSR count). The average Bonchev–Trinajstić information content (AvgIpc) is 2.44. The van der Waals surface area contributed by atoms with Crippen molar-refractivity contribution in [3.05, 3.63) is 42.5 Å². The summed E-state index contributed by atoms with van der Waals surface area (Å²) in [6, 6.07) is 14.9. The van der Waals surface area contributed by atoms with Crippen molar-refractivity contribution in [3.8, 4) is 0 Å². The smallest absolute Gasteiger partial charge is 0.207 e. The van der Waals surface area contributed by atoms with Gasteiger partial charge in [-0.3, -0.25) is 4.48 Å². The van der Waals surface area contributed by atoms with Gasteiger partial charge in [-0.15, -0.1) is 0 Å². The molecule has 0 fully saturated rings. The first-order valence-electron chi connectivity index (χ1n) is 6.45. The molecule has 0 bridgehead atoms. The lowest BCUT2D eigenvalue weighted by Gasteiger charge is -2.32. The van der Waals surface area contributed by atoms with Crippen molar-refractivity contribution in [2.75, 3.05) is 34.9 Å². The van der Waals surface area contributed by atoms with Crippen LogP contribution in [0.2, 0.25) is 0 Å². The number of nitrogens with zero attached hydrogens (tertiary/aromatic N) is 1. The van der Waals surface area contributed by atoms with Crippen LogP contribution < -0.4 is 4.48 Å². The van der Waals surface area contributed by atoms with Gasteiger partial charge in [0.1, 0.15) is 12.2 Å². The van der Waals surface area contributed by atoms with E-state index in [4.69, 9.17) is 9.47 Å². The van der Waals surface area contributed by atoms with E-state index in [2.05, 4.69) is 56.6 Å². The lowest BCUT2D eigenvalue weighted by atomic mass is 10.1. The van der Waals surface area contributed by atoms with Crippen LogP contribution in [0.3, 0.4) is 0 Å². The fourth-order valence-corrected chi connectivity index (χ4v) is 2.45. The van der Waals surface area contributed by atoms with Gasteiger partial charge in [-0.05, 0) is 17.5 Å². The summed E-state index contributed by atoms with van der Waals surface area (Å²) >= 11 is 0. The molecular formula is C16H22NO2+. The highest BCUT2D eigenvalue weighted by Gasteiger charge is 2.26. The molecule has 0 N–H and O–H groups in total. The number of hydrogen-bond acceptors (Lipinski definition) is 2. The van der Waals surface area contributed by atoms with E-state index in [1.54, 1.807) is 14.2 Å². The van der Waals surface area contributed by atoms with Crippen LogP contribution in [-0.2, 0) is 9.47 Å². The van der Waals surface area contributed by atoms with Crippen molar-refractivity contribution in [1.82, 2.24) is 4.48 Å². The molecule has 0 spiro atoms. The molecule has 3 nitrogen and oxygen atoms in total. The Bertz CT molecular complexity index is 542. The highest BCUT2D eigenvalue weighted by atomic mass is 16.7. The number of methoxy groups -OCH3 is 2. The van der Waals surface area contributed by atoms with E-state index in [0.717, 1.165) is 6.54 Å². The van der Waals surface area contributed by atoms with Crippen LogP contribution in [0.5, 0.6) is 0 Å². The lowest BCUT2D eigenvalue weighted by molar-refractivity contribution is -0.110. The van der Waals surface area contributed by atoms with Crippen molar-refractivity contribution >= 4 is 16.5 Å². The monoisotopic (exact) mass is 260 g/mol. The predicted molar refractivity (Wildman–Crippen MR) is 80.3 cm³/mol. The maximum atomic E-state index is 5.33. The predicted octanol–water partition coefficient (Wildman–Crippen LogP) is 3.03. The van der Waals surface area contributed by atoms with Gasteiger partial charge in [0.25, 0.3) is 0 Å². The van der Waals surface area contributed by atoms with Gasteiger partial charge in [0.05, 0.1) is 14.1 Å². The Balaban J connectivity index is 2.42. The zero-order valence-corrected chi connectivity index (χ0v) is 12.1. The van der Waals surface area contributed by atoms with E-state index in [9.17, 15) is 0 Å². The second kappa shape index (κ2) is 5.70. The summed E-state index contributed by atoms with van der Waals surface area (Å²) in [4.78, 5) is 0.